The summed E-state index contributed by atoms with van der Waals surface area (Å²) < 4.78 is 9.07. The third kappa shape index (κ3) is 4.62. The van der Waals surface area contributed by atoms with Crippen LogP contribution in [0.25, 0.3) is 75.1 Å². The van der Waals surface area contributed by atoms with E-state index >= 15 is 0 Å². The van der Waals surface area contributed by atoms with Crippen molar-refractivity contribution in [2.75, 3.05) is 4.90 Å². The lowest BCUT2D eigenvalue weighted by Gasteiger charge is -2.27. The zero-order chi connectivity index (χ0) is 32.3. The first-order valence-corrected chi connectivity index (χ1v) is 17.4. The van der Waals surface area contributed by atoms with Gasteiger partial charge in [0, 0.05) is 53.3 Å². The molecule has 2 nitrogen and oxygen atoms in total. The zero-order valence-corrected chi connectivity index (χ0v) is 27.3. The minimum Gasteiger partial charge on any atom is -0.455 e. The van der Waals surface area contributed by atoms with Crippen LogP contribution in [0.3, 0.4) is 0 Å². The molecule has 8 aromatic carbocycles. The van der Waals surface area contributed by atoms with Gasteiger partial charge in [-0.3, -0.25) is 0 Å². The van der Waals surface area contributed by atoms with Gasteiger partial charge in [-0.2, -0.15) is 0 Å². The van der Waals surface area contributed by atoms with Crippen LogP contribution in [0.2, 0.25) is 0 Å². The van der Waals surface area contributed by atoms with E-state index in [0.717, 1.165) is 61.3 Å². The number of para-hydroxylation sites is 1. The Hall–Kier alpha value is -6.16. The number of thiophene rings is 1. The van der Waals surface area contributed by atoms with E-state index < -0.39 is 0 Å². The van der Waals surface area contributed by atoms with Gasteiger partial charge in [0.25, 0.3) is 0 Å². The Morgan fingerprint density at radius 1 is 0.408 bits per heavy atom. The highest BCUT2D eigenvalue weighted by Gasteiger charge is 2.18. The van der Waals surface area contributed by atoms with E-state index in [9.17, 15) is 0 Å². The summed E-state index contributed by atoms with van der Waals surface area (Å²) in [6.45, 7) is 0. The van der Waals surface area contributed by atoms with Crippen LogP contribution in [0, 0.1) is 0 Å². The van der Waals surface area contributed by atoms with E-state index in [1.54, 1.807) is 0 Å². The van der Waals surface area contributed by atoms with Gasteiger partial charge in [-0.25, -0.2) is 0 Å². The minimum atomic E-state index is 0.900. The van der Waals surface area contributed by atoms with E-state index in [0.29, 0.717) is 0 Å². The predicted molar refractivity (Wildman–Crippen MR) is 210 cm³/mol. The molecule has 0 aliphatic heterocycles. The fourth-order valence-corrected chi connectivity index (χ4v) is 8.40. The lowest BCUT2D eigenvalue weighted by Crippen LogP contribution is -2.10. The number of rotatable bonds is 5. The molecule has 0 saturated heterocycles. The summed E-state index contributed by atoms with van der Waals surface area (Å²) in [5, 5.41) is 7.29. The maximum atomic E-state index is 6.46. The summed E-state index contributed by atoms with van der Waals surface area (Å²) in [6, 6.07) is 63.2. The maximum absolute atomic E-state index is 6.46. The molecule has 2 aromatic heterocycles. The van der Waals surface area contributed by atoms with E-state index in [2.05, 4.69) is 175 Å². The molecule has 0 bridgehead atoms. The van der Waals surface area contributed by atoms with Crippen LogP contribution in [0.1, 0.15) is 0 Å². The van der Waals surface area contributed by atoms with Gasteiger partial charge in [-0.1, -0.05) is 121 Å². The van der Waals surface area contributed by atoms with E-state index in [-0.39, 0.29) is 0 Å². The second-order valence-corrected chi connectivity index (χ2v) is 13.6. The molecule has 0 fully saturated rings. The summed E-state index contributed by atoms with van der Waals surface area (Å²) in [6.07, 6.45) is 0. The van der Waals surface area contributed by atoms with Crippen molar-refractivity contribution in [1.82, 2.24) is 0 Å². The van der Waals surface area contributed by atoms with Gasteiger partial charge >= 0.3 is 0 Å². The van der Waals surface area contributed by atoms with Gasteiger partial charge < -0.3 is 9.32 Å². The first kappa shape index (κ1) is 27.9. The molecule has 0 N–H and O–H groups in total. The second kappa shape index (κ2) is 11.2. The van der Waals surface area contributed by atoms with Crippen molar-refractivity contribution in [2.45, 2.75) is 0 Å². The van der Waals surface area contributed by atoms with E-state index in [1.165, 1.54) is 30.9 Å². The molecule has 0 spiro atoms. The number of hydrogen-bond acceptors (Lipinski definition) is 3. The van der Waals surface area contributed by atoms with Crippen molar-refractivity contribution in [1.29, 1.82) is 0 Å². The summed E-state index contributed by atoms with van der Waals surface area (Å²) in [5.74, 6) is 0. The van der Waals surface area contributed by atoms with Crippen LogP contribution in [0.15, 0.2) is 180 Å². The number of hydrogen-bond donors (Lipinski definition) is 0. The molecule has 49 heavy (non-hydrogen) atoms. The average molecular weight is 644 g/mol. The Morgan fingerprint density at radius 3 is 2.00 bits per heavy atom. The first-order chi connectivity index (χ1) is 24.3. The van der Waals surface area contributed by atoms with Crippen molar-refractivity contribution >= 4 is 81.3 Å². The topological polar surface area (TPSA) is 16.4 Å². The Balaban J connectivity index is 1.10. The number of furan rings is 1. The molecule has 0 unspecified atom stereocenters. The molecule has 0 radical (unpaired) electrons. The number of nitrogens with zero attached hydrogens (tertiary/aromatic N) is 1. The molecule has 0 atom stereocenters. The quantitative estimate of drug-likeness (QED) is 0.186. The highest BCUT2D eigenvalue weighted by Crippen LogP contribution is 2.43. The molecule has 2 heterocycles. The third-order valence-electron chi connectivity index (χ3n) is 9.67. The van der Waals surface area contributed by atoms with Crippen LogP contribution in [0.4, 0.5) is 17.1 Å². The fourth-order valence-electron chi connectivity index (χ4n) is 7.31. The molecule has 0 amide bonds. The summed E-state index contributed by atoms with van der Waals surface area (Å²) in [4.78, 5) is 2.40. The van der Waals surface area contributed by atoms with Gasteiger partial charge in [0.1, 0.15) is 11.2 Å². The van der Waals surface area contributed by atoms with Crippen molar-refractivity contribution in [2.24, 2.45) is 0 Å². The minimum absolute atomic E-state index is 0.900. The van der Waals surface area contributed by atoms with E-state index in [1.807, 2.05) is 17.4 Å². The number of fused-ring (bicyclic) bond motifs is 7. The number of benzene rings is 8. The van der Waals surface area contributed by atoms with E-state index in [4.69, 9.17) is 4.42 Å². The van der Waals surface area contributed by atoms with Gasteiger partial charge in [-0.15, -0.1) is 11.3 Å². The zero-order valence-electron chi connectivity index (χ0n) is 26.5. The van der Waals surface area contributed by atoms with Crippen molar-refractivity contribution < 1.29 is 4.42 Å². The Morgan fingerprint density at radius 2 is 1.10 bits per heavy atom. The standard InChI is InChI=1S/C46H29NOS/c1-2-10-32(11-3-1)37-16-9-17-39-40-28-33(22-26-43(40)48-46(37)39)30-20-23-34(24-21-30)47(42-18-8-13-31-12-4-5-14-36(31)42)35-25-27-45-41(29-35)38-15-6-7-19-44(38)49-45/h1-29H. The lowest BCUT2D eigenvalue weighted by atomic mass is 10.00. The summed E-state index contributed by atoms with van der Waals surface area (Å²) in [5.41, 5.74) is 9.83. The average Bonchev–Trinajstić information content (AvgIpc) is 3.73. The Labute approximate surface area is 287 Å². The SMILES string of the molecule is c1ccc(-c2cccc3c2oc2ccc(-c4ccc(N(c5ccc6sc7ccccc7c6c5)c5cccc6ccccc56)cc4)cc23)cc1. The van der Waals surface area contributed by atoms with Gasteiger partial charge in [0.2, 0.25) is 0 Å². The molecule has 10 rings (SSSR count). The molecule has 0 aliphatic rings. The highest BCUT2D eigenvalue weighted by atomic mass is 32.1. The van der Waals surface area contributed by atoms with Crippen LogP contribution in [-0.4, -0.2) is 0 Å². The van der Waals surface area contributed by atoms with Gasteiger partial charge in [-0.05, 0) is 76.7 Å². The second-order valence-electron chi connectivity index (χ2n) is 12.5. The van der Waals surface area contributed by atoms with Crippen molar-refractivity contribution in [3.05, 3.63) is 176 Å². The summed E-state index contributed by atoms with van der Waals surface area (Å²) in [7, 11) is 0. The van der Waals surface area contributed by atoms with Crippen LogP contribution in [-0.2, 0) is 0 Å². The Bertz CT molecular complexity index is 2820. The molecule has 3 heteroatoms. The largest absolute Gasteiger partial charge is 0.455 e. The van der Waals surface area contributed by atoms with Gasteiger partial charge in [0.15, 0.2) is 0 Å². The maximum Gasteiger partial charge on any atom is 0.143 e. The monoisotopic (exact) mass is 643 g/mol. The first-order valence-electron chi connectivity index (χ1n) is 16.6. The van der Waals surface area contributed by atoms with Crippen molar-refractivity contribution in [3.8, 4) is 22.3 Å². The van der Waals surface area contributed by atoms with Crippen molar-refractivity contribution in [3.63, 3.8) is 0 Å². The van der Waals surface area contributed by atoms with Crippen LogP contribution >= 0.6 is 11.3 Å². The normalized spacial score (nSPS) is 11.7. The fraction of sp³-hybridized carbons (Fsp3) is 0. The molecular formula is C46H29NOS. The van der Waals surface area contributed by atoms with Crippen LogP contribution in [0.5, 0.6) is 0 Å². The predicted octanol–water partition coefficient (Wildman–Crippen LogP) is 13.9. The molecule has 0 saturated carbocycles. The summed E-state index contributed by atoms with van der Waals surface area (Å²) >= 11 is 1.85. The third-order valence-corrected chi connectivity index (χ3v) is 10.8. The Kier molecular flexibility index (Phi) is 6.39. The van der Waals surface area contributed by atoms with Crippen LogP contribution < -0.4 is 4.90 Å². The molecule has 0 aliphatic carbocycles. The lowest BCUT2D eigenvalue weighted by molar-refractivity contribution is 0.670. The molecular weight excluding hydrogens is 615 g/mol. The smallest absolute Gasteiger partial charge is 0.143 e. The van der Waals surface area contributed by atoms with Gasteiger partial charge in [0.05, 0.1) is 5.69 Å². The number of anilines is 3. The molecule has 230 valence electrons. The highest BCUT2D eigenvalue weighted by molar-refractivity contribution is 7.25. The molecule has 10 aromatic rings.